The van der Waals surface area contributed by atoms with E-state index in [-0.39, 0.29) is 12.2 Å². The van der Waals surface area contributed by atoms with Gasteiger partial charge in [-0.05, 0) is 39.0 Å². The van der Waals surface area contributed by atoms with Crippen molar-refractivity contribution in [1.82, 2.24) is 4.90 Å². The topological polar surface area (TPSA) is 81.9 Å². The Labute approximate surface area is 150 Å². The Bertz CT molecular complexity index is 620. The zero-order chi connectivity index (χ0) is 17.9. The van der Waals surface area contributed by atoms with Gasteiger partial charge in [0.1, 0.15) is 17.5 Å². The van der Waals surface area contributed by atoms with Crippen LogP contribution in [0.2, 0.25) is 0 Å². The van der Waals surface area contributed by atoms with Crippen molar-refractivity contribution in [1.29, 1.82) is 0 Å². The van der Waals surface area contributed by atoms with Crippen LogP contribution in [0.15, 0.2) is 22.7 Å². The molecule has 0 aliphatic carbocycles. The first-order chi connectivity index (χ1) is 11.2. The van der Waals surface area contributed by atoms with Gasteiger partial charge in [0.15, 0.2) is 0 Å². The first kappa shape index (κ1) is 18.6. The second kappa shape index (κ2) is 7.42. The van der Waals surface area contributed by atoms with Crippen molar-refractivity contribution >= 4 is 27.9 Å². The van der Waals surface area contributed by atoms with Crippen LogP contribution in [0.1, 0.15) is 44.0 Å². The Kier molecular flexibility index (Phi) is 5.74. The molecule has 1 saturated heterocycles. The molecule has 2 amide bonds. The average Bonchev–Trinajstić information content (AvgIpc) is 2.48. The van der Waals surface area contributed by atoms with Gasteiger partial charge < -0.3 is 20.1 Å². The Hall–Kier alpha value is -1.76. The summed E-state index contributed by atoms with van der Waals surface area (Å²) in [5.41, 5.74) is 5.24. The molecule has 2 rings (SSSR count). The lowest BCUT2D eigenvalue weighted by Gasteiger charge is -2.33. The smallest absolute Gasteiger partial charge is 0.410 e. The van der Waals surface area contributed by atoms with Crippen LogP contribution >= 0.6 is 15.9 Å². The second-order valence-electron chi connectivity index (χ2n) is 6.79. The first-order valence-corrected chi connectivity index (χ1v) is 8.69. The third-order valence-electron chi connectivity index (χ3n) is 3.59. The normalized spacial score (nSPS) is 15.9. The van der Waals surface area contributed by atoms with Crippen molar-refractivity contribution < 1.29 is 19.1 Å². The second-order valence-corrected chi connectivity index (χ2v) is 7.71. The number of benzene rings is 1. The molecule has 0 atom stereocenters. The van der Waals surface area contributed by atoms with Crippen molar-refractivity contribution in [2.45, 2.75) is 45.3 Å². The monoisotopic (exact) mass is 398 g/mol. The van der Waals surface area contributed by atoms with Crippen LogP contribution in [0.25, 0.3) is 0 Å². The SMILES string of the molecule is CC(C)(C)OC(=O)N1CCC(Oc2ccc(Br)cc2C(N)=O)CC1. The highest BCUT2D eigenvalue weighted by Crippen LogP contribution is 2.26. The van der Waals surface area contributed by atoms with Gasteiger partial charge in [0.2, 0.25) is 0 Å². The summed E-state index contributed by atoms with van der Waals surface area (Å²) >= 11 is 3.32. The summed E-state index contributed by atoms with van der Waals surface area (Å²) in [5.74, 6) is -0.0566. The maximum atomic E-state index is 12.1. The largest absolute Gasteiger partial charge is 0.489 e. The number of rotatable bonds is 3. The summed E-state index contributed by atoms with van der Waals surface area (Å²) in [6.45, 7) is 6.66. The fraction of sp³-hybridized carbons (Fsp3) is 0.529. The van der Waals surface area contributed by atoms with Crippen molar-refractivity contribution in [2.75, 3.05) is 13.1 Å². The molecule has 1 fully saturated rings. The molecule has 1 aliphatic heterocycles. The van der Waals surface area contributed by atoms with E-state index >= 15 is 0 Å². The zero-order valence-electron chi connectivity index (χ0n) is 14.2. The zero-order valence-corrected chi connectivity index (χ0v) is 15.8. The predicted molar refractivity (Wildman–Crippen MR) is 94.1 cm³/mol. The molecule has 0 aromatic heterocycles. The van der Waals surface area contributed by atoms with Gasteiger partial charge in [0.05, 0.1) is 5.56 Å². The van der Waals surface area contributed by atoms with E-state index in [9.17, 15) is 9.59 Å². The molecular weight excluding hydrogens is 376 g/mol. The molecular formula is C17H23BrN2O4. The van der Waals surface area contributed by atoms with Crippen LogP contribution in [0.3, 0.4) is 0 Å². The van der Waals surface area contributed by atoms with Crippen LogP contribution in [0.4, 0.5) is 4.79 Å². The Morgan fingerprint density at radius 2 is 1.88 bits per heavy atom. The lowest BCUT2D eigenvalue weighted by Crippen LogP contribution is -2.44. The van der Waals surface area contributed by atoms with Gasteiger partial charge in [-0.1, -0.05) is 15.9 Å². The molecule has 0 bridgehead atoms. The number of nitrogens with two attached hydrogens (primary N) is 1. The number of hydrogen-bond donors (Lipinski definition) is 1. The van der Waals surface area contributed by atoms with Gasteiger partial charge in [-0.2, -0.15) is 0 Å². The molecule has 6 nitrogen and oxygen atoms in total. The molecule has 132 valence electrons. The molecule has 1 heterocycles. The number of carbonyl (C=O) groups is 2. The Morgan fingerprint density at radius 1 is 1.25 bits per heavy atom. The van der Waals surface area contributed by atoms with Crippen LogP contribution in [0.5, 0.6) is 5.75 Å². The molecule has 2 N–H and O–H groups in total. The van der Waals surface area contributed by atoms with Gasteiger partial charge in [0.25, 0.3) is 5.91 Å². The highest BCUT2D eigenvalue weighted by atomic mass is 79.9. The standard InChI is InChI=1S/C17H23BrN2O4/c1-17(2,3)24-16(22)20-8-6-12(7-9-20)23-14-5-4-11(18)10-13(14)15(19)21/h4-5,10,12H,6-9H2,1-3H3,(H2,19,21). The number of nitrogens with zero attached hydrogens (tertiary/aromatic N) is 1. The summed E-state index contributed by atoms with van der Waals surface area (Å²) in [6, 6.07) is 5.18. The average molecular weight is 399 g/mol. The van der Waals surface area contributed by atoms with Gasteiger partial charge in [0, 0.05) is 30.4 Å². The van der Waals surface area contributed by atoms with E-state index in [1.807, 2.05) is 20.8 Å². The molecule has 0 radical (unpaired) electrons. The third-order valence-corrected chi connectivity index (χ3v) is 4.09. The van der Waals surface area contributed by atoms with Crippen molar-refractivity contribution in [3.63, 3.8) is 0 Å². The number of amides is 2. The molecule has 1 aliphatic rings. The highest BCUT2D eigenvalue weighted by Gasteiger charge is 2.28. The number of likely N-dealkylation sites (tertiary alicyclic amines) is 1. The van der Waals surface area contributed by atoms with Crippen LogP contribution in [-0.2, 0) is 4.74 Å². The number of ether oxygens (including phenoxy) is 2. The molecule has 24 heavy (non-hydrogen) atoms. The maximum Gasteiger partial charge on any atom is 0.410 e. The molecule has 1 aromatic carbocycles. The fourth-order valence-electron chi connectivity index (χ4n) is 2.46. The van der Waals surface area contributed by atoms with E-state index in [0.717, 1.165) is 4.47 Å². The molecule has 1 aromatic rings. The molecule has 0 unspecified atom stereocenters. The Balaban J connectivity index is 1.94. The van der Waals surface area contributed by atoms with E-state index in [4.69, 9.17) is 15.2 Å². The van der Waals surface area contributed by atoms with Crippen molar-refractivity contribution in [3.8, 4) is 5.75 Å². The molecule has 7 heteroatoms. The quantitative estimate of drug-likeness (QED) is 0.846. The summed E-state index contributed by atoms with van der Waals surface area (Å²) in [5, 5.41) is 0. The summed E-state index contributed by atoms with van der Waals surface area (Å²) in [4.78, 5) is 25.3. The number of halogens is 1. The summed E-state index contributed by atoms with van der Waals surface area (Å²) < 4.78 is 12.1. The number of primary amides is 1. The lowest BCUT2D eigenvalue weighted by molar-refractivity contribution is 0.0126. The Morgan fingerprint density at radius 3 is 2.42 bits per heavy atom. The van der Waals surface area contributed by atoms with Gasteiger partial charge >= 0.3 is 6.09 Å². The van der Waals surface area contributed by atoms with Crippen LogP contribution in [-0.4, -0.2) is 41.7 Å². The van der Waals surface area contributed by atoms with E-state index in [0.29, 0.717) is 37.2 Å². The lowest BCUT2D eigenvalue weighted by atomic mass is 10.1. The minimum atomic E-state index is -0.530. The maximum absolute atomic E-state index is 12.1. The molecule has 0 spiro atoms. The van der Waals surface area contributed by atoms with E-state index in [1.54, 1.807) is 23.1 Å². The van der Waals surface area contributed by atoms with Crippen molar-refractivity contribution in [3.05, 3.63) is 28.2 Å². The summed E-state index contributed by atoms with van der Waals surface area (Å²) in [6.07, 6.45) is 0.978. The van der Waals surface area contributed by atoms with E-state index < -0.39 is 11.5 Å². The van der Waals surface area contributed by atoms with Gasteiger partial charge in [-0.25, -0.2) is 4.79 Å². The minimum absolute atomic E-state index is 0.0667. The number of hydrogen-bond acceptors (Lipinski definition) is 4. The summed E-state index contributed by atoms with van der Waals surface area (Å²) in [7, 11) is 0. The minimum Gasteiger partial charge on any atom is -0.489 e. The molecule has 0 saturated carbocycles. The van der Waals surface area contributed by atoms with Gasteiger partial charge in [-0.15, -0.1) is 0 Å². The first-order valence-electron chi connectivity index (χ1n) is 7.89. The third kappa shape index (κ3) is 5.12. The van der Waals surface area contributed by atoms with E-state index in [2.05, 4.69) is 15.9 Å². The van der Waals surface area contributed by atoms with Gasteiger partial charge in [-0.3, -0.25) is 4.79 Å². The highest BCUT2D eigenvalue weighted by molar-refractivity contribution is 9.10. The fourth-order valence-corrected chi connectivity index (χ4v) is 2.82. The predicted octanol–water partition coefficient (Wildman–Crippen LogP) is 3.33. The number of piperidine rings is 1. The van der Waals surface area contributed by atoms with Crippen LogP contribution in [0, 0.1) is 0 Å². The van der Waals surface area contributed by atoms with Crippen LogP contribution < -0.4 is 10.5 Å². The van der Waals surface area contributed by atoms with Crippen molar-refractivity contribution in [2.24, 2.45) is 5.73 Å². The van der Waals surface area contributed by atoms with E-state index in [1.165, 1.54) is 0 Å². The number of carbonyl (C=O) groups excluding carboxylic acids is 2.